The van der Waals surface area contributed by atoms with Gasteiger partial charge in [-0.05, 0) is 43.2 Å². The van der Waals surface area contributed by atoms with Crippen molar-refractivity contribution in [3.63, 3.8) is 0 Å². The Kier molecular flexibility index (Phi) is 5.92. The number of carbonyl (C=O) groups is 2. The molecule has 1 unspecified atom stereocenters. The molecule has 1 fully saturated rings. The van der Waals surface area contributed by atoms with E-state index in [0.717, 1.165) is 28.3 Å². The largest absolute Gasteiger partial charge is 0.368 e. The van der Waals surface area contributed by atoms with Crippen molar-refractivity contribution in [2.75, 3.05) is 11.9 Å². The number of nitrogens with one attached hydrogen (secondary N) is 2. The van der Waals surface area contributed by atoms with Gasteiger partial charge in [0.1, 0.15) is 18.5 Å². The minimum absolute atomic E-state index is 0.0954. The lowest BCUT2D eigenvalue weighted by Gasteiger charge is -2.13. The molecule has 0 bridgehead atoms. The molecule has 1 saturated heterocycles. The highest BCUT2D eigenvalue weighted by Crippen LogP contribution is 2.19. The first-order valence-corrected chi connectivity index (χ1v) is 10.3. The molecule has 2 aromatic carbocycles. The number of anilines is 1. The summed E-state index contributed by atoms with van der Waals surface area (Å²) in [5, 5.41) is 5.79. The van der Waals surface area contributed by atoms with Gasteiger partial charge in [0.2, 0.25) is 11.8 Å². The van der Waals surface area contributed by atoms with Crippen LogP contribution in [-0.4, -0.2) is 34.1 Å². The second-order valence-electron chi connectivity index (χ2n) is 6.88. The number of hydrogen-bond acceptors (Lipinski definition) is 4. The maximum absolute atomic E-state index is 12.7. The summed E-state index contributed by atoms with van der Waals surface area (Å²) in [6, 6.07) is 15.0. The molecule has 4 rings (SSSR count). The average Bonchev–Trinajstić information content (AvgIpc) is 3.35. The summed E-state index contributed by atoms with van der Waals surface area (Å²) >= 11 is 3.40. The standard InChI is InChI=1S/C21H21BrN4O3/c22-14-5-3-6-15(11-14)24-20(27)13-26-17-8-2-1-7-16(17)25-19(26)12-23-21(28)18-9-4-10-29-18/h1-3,5-8,11,18H,4,9-10,12-13H2,(H,23,28)(H,24,27). The molecule has 0 aliphatic carbocycles. The Morgan fingerprint density at radius 2 is 2.07 bits per heavy atom. The van der Waals surface area contributed by atoms with E-state index in [4.69, 9.17) is 4.74 Å². The van der Waals surface area contributed by atoms with Crippen LogP contribution in [-0.2, 0) is 27.4 Å². The van der Waals surface area contributed by atoms with E-state index in [-0.39, 0.29) is 24.9 Å². The number of carbonyl (C=O) groups excluding carboxylic acids is 2. The third-order valence-electron chi connectivity index (χ3n) is 4.79. The first-order chi connectivity index (χ1) is 14.1. The molecule has 0 spiro atoms. The average molecular weight is 457 g/mol. The van der Waals surface area contributed by atoms with Crippen LogP contribution in [0.3, 0.4) is 0 Å². The minimum Gasteiger partial charge on any atom is -0.368 e. The predicted molar refractivity (Wildman–Crippen MR) is 113 cm³/mol. The van der Waals surface area contributed by atoms with Crippen molar-refractivity contribution in [3.05, 3.63) is 58.8 Å². The van der Waals surface area contributed by atoms with E-state index in [0.29, 0.717) is 18.1 Å². The molecule has 3 aromatic rings. The predicted octanol–water partition coefficient (Wildman–Crippen LogP) is 3.23. The maximum Gasteiger partial charge on any atom is 0.249 e. The van der Waals surface area contributed by atoms with Gasteiger partial charge in [0.05, 0.1) is 17.6 Å². The number of amides is 2. The number of benzene rings is 2. The molecule has 1 atom stereocenters. The Morgan fingerprint density at radius 3 is 2.86 bits per heavy atom. The molecule has 1 aliphatic rings. The van der Waals surface area contributed by atoms with Gasteiger partial charge in [-0.1, -0.05) is 34.1 Å². The van der Waals surface area contributed by atoms with E-state index in [1.54, 1.807) is 0 Å². The zero-order valence-electron chi connectivity index (χ0n) is 15.7. The van der Waals surface area contributed by atoms with Gasteiger partial charge in [-0.15, -0.1) is 0 Å². The molecule has 0 radical (unpaired) electrons. The summed E-state index contributed by atoms with van der Waals surface area (Å²) in [7, 11) is 0. The van der Waals surface area contributed by atoms with Gasteiger partial charge in [-0.3, -0.25) is 9.59 Å². The highest BCUT2D eigenvalue weighted by molar-refractivity contribution is 9.10. The van der Waals surface area contributed by atoms with Crippen LogP contribution in [0, 0.1) is 0 Å². The number of fused-ring (bicyclic) bond motifs is 1. The number of hydrogen-bond donors (Lipinski definition) is 2. The van der Waals surface area contributed by atoms with Crippen molar-refractivity contribution in [1.82, 2.24) is 14.9 Å². The van der Waals surface area contributed by atoms with Crippen molar-refractivity contribution in [2.45, 2.75) is 32.0 Å². The normalized spacial score (nSPS) is 16.1. The van der Waals surface area contributed by atoms with Crippen LogP contribution in [0.15, 0.2) is 53.0 Å². The number of halogens is 1. The van der Waals surface area contributed by atoms with Crippen molar-refractivity contribution >= 4 is 44.5 Å². The van der Waals surface area contributed by atoms with Crippen LogP contribution in [0.4, 0.5) is 5.69 Å². The van der Waals surface area contributed by atoms with Crippen LogP contribution in [0.25, 0.3) is 11.0 Å². The lowest BCUT2D eigenvalue weighted by atomic mass is 10.2. The van der Waals surface area contributed by atoms with E-state index in [9.17, 15) is 9.59 Å². The van der Waals surface area contributed by atoms with Gasteiger partial charge in [0.25, 0.3) is 0 Å². The Bertz CT molecular complexity index is 1040. The van der Waals surface area contributed by atoms with Crippen LogP contribution in [0.1, 0.15) is 18.7 Å². The number of aromatic nitrogens is 2. The van der Waals surface area contributed by atoms with Crippen LogP contribution in [0.2, 0.25) is 0 Å². The molecule has 2 amide bonds. The number of para-hydroxylation sites is 2. The minimum atomic E-state index is -0.396. The first-order valence-electron chi connectivity index (χ1n) is 9.49. The fraction of sp³-hybridized carbons (Fsp3) is 0.286. The highest BCUT2D eigenvalue weighted by atomic mass is 79.9. The number of nitrogens with zero attached hydrogens (tertiary/aromatic N) is 2. The molecule has 2 N–H and O–H groups in total. The molecule has 150 valence electrons. The van der Waals surface area contributed by atoms with Gasteiger partial charge in [0, 0.05) is 16.8 Å². The van der Waals surface area contributed by atoms with Crippen molar-refractivity contribution in [2.24, 2.45) is 0 Å². The van der Waals surface area contributed by atoms with Gasteiger partial charge in [-0.2, -0.15) is 0 Å². The van der Waals surface area contributed by atoms with Crippen LogP contribution >= 0.6 is 15.9 Å². The first kappa shape index (κ1) is 19.6. The Labute approximate surface area is 176 Å². The summed E-state index contributed by atoms with van der Waals surface area (Å²) in [6.07, 6.45) is 1.23. The van der Waals surface area contributed by atoms with Crippen molar-refractivity contribution in [1.29, 1.82) is 0 Å². The van der Waals surface area contributed by atoms with E-state index in [1.165, 1.54) is 0 Å². The van der Waals surface area contributed by atoms with E-state index < -0.39 is 6.10 Å². The van der Waals surface area contributed by atoms with E-state index in [1.807, 2.05) is 53.1 Å². The Hall–Kier alpha value is -2.71. The summed E-state index contributed by atoms with van der Waals surface area (Å²) in [6.45, 7) is 0.946. The smallest absolute Gasteiger partial charge is 0.249 e. The fourth-order valence-corrected chi connectivity index (χ4v) is 3.81. The third-order valence-corrected chi connectivity index (χ3v) is 5.28. The lowest BCUT2D eigenvalue weighted by molar-refractivity contribution is -0.130. The highest BCUT2D eigenvalue weighted by Gasteiger charge is 2.24. The molecule has 1 aliphatic heterocycles. The van der Waals surface area contributed by atoms with E-state index in [2.05, 4.69) is 31.5 Å². The maximum atomic E-state index is 12.7. The van der Waals surface area contributed by atoms with E-state index >= 15 is 0 Å². The summed E-state index contributed by atoms with van der Waals surface area (Å²) in [4.78, 5) is 29.5. The Balaban J connectivity index is 1.51. The monoisotopic (exact) mass is 456 g/mol. The summed E-state index contributed by atoms with van der Waals surface area (Å²) in [5.74, 6) is 0.319. The quantitative estimate of drug-likeness (QED) is 0.596. The molecule has 0 saturated carbocycles. The van der Waals surface area contributed by atoms with Crippen LogP contribution < -0.4 is 10.6 Å². The number of rotatable bonds is 6. The molecule has 8 heteroatoms. The van der Waals surface area contributed by atoms with Gasteiger partial charge in [-0.25, -0.2) is 4.98 Å². The lowest BCUT2D eigenvalue weighted by Crippen LogP contribution is -2.34. The SMILES string of the molecule is O=C(Cn1c(CNC(=O)C2CCCO2)nc2ccccc21)Nc1cccc(Br)c1. The second-order valence-corrected chi connectivity index (χ2v) is 7.80. The topological polar surface area (TPSA) is 85.2 Å². The zero-order valence-corrected chi connectivity index (χ0v) is 17.3. The van der Waals surface area contributed by atoms with Gasteiger partial charge >= 0.3 is 0 Å². The number of imidazole rings is 1. The van der Waals surface area contributed by atoms with Gasteiger partial charge < -0.3 is 19.9 Å². The summed E-state index contributed by atoms with van der Waals surface area (Å²) in [5.41, 5.74) is 2.34. The third kappa shape index (κ3) is 4.65. The van der Waals surface area contributed by atoms with Crippen LogP contribution in [0.5, 0.6) is 0 Å². The Morgan fingerprint density at radius 1 is 1.21 bits per heavy atom. The molecular formula is C21H21BrN4O3. The second kappa shape index (κ2) is 8.75. The zero-order chi connectivity index (χ0) is 20.2. The fourth-order valence-electron chi connectivity index (χ4n) is 3.41. The summed E-state index contributed by atoms with van der Waals surface area (Å²) < 4.78 is 8.15. The molecule has 29 heavy (non-hydrogen) atoms. The molecule has 2 heterocycles. The molecule has 7 nitrogen and oxygen atoms in total. The molecule has 1 aromatic heterocycles. The van der Waals surface area contributed by atoms with Crippen molar-refractivity contribution in [3.8, 4) is 0 Å². The van der Waals surface area contributed by atoms with Gasteiger partial charge in [0.15, 0.2) is 0 Å². The molecular weight excluding hydrogens is 436 g/mol. The number of ether oxygens (including phenoxy) is 1. The van der Waals surface area contributed by atoms with Crippen molar-refractivity contribution < 1.29 is 14.3 Å².